The molecular weight excluding hydrogens is 234 g/mol. The molecular formula is C11H19N5O2. The molecule has 0 saturated heterocycles. The zero-order chi connectivity index (χ0) is 13.9. The van der Waals surface area contributed by atoms with Gasteiger partial charge in [-0.15, -0.1) is 0 Å². The van der Waals surface area contributed by atoms with Gasteiger partial charge in [-0.25, -0.2) is 0 Å². The number of hydrogen-bond donors (Lipinski definition) is 3. The van der Waals surface area contributed by atoms with E-state index in [1.807, 2.05) is 13.8 Å². The average Bonchev–Trinajstić information content (AvgIpc) is 2.62. The number of carbonyl (C=O) groups excluding carboxylic acids is 2. The van der Waals surface area contributed by atoms with E-state index in [1.54, 1.807) is 6.92 Å². The molecule has 1 unspecified atom stereocenters. The van der Waals surface area contributed by atoms with Gasteiger partial charge in [0.15, 0.2) is 0 Å². The third-order valence-corrected chi connectivity index (χ3v) is 3.02. The number of nitrogens with two attached hydrogens (primary N) is 2. The van der Waals surface area contributed by atoms with E-state index < -0.39 is 11.4 Å². The zero-order valence-electron chi connectivity index (χ0n) is 10.8. The molecule has 0 aromatic carbocycles. The average molecular weight is 253 g/mol. The highest BCUT2D eigenvalue weighted by Gasteiger charge is 2.36. The predicted octanol–water partition coefficient (Wildman–Crippen LogP) is -0.518. The minimum absolute atomic E-state index is 0.00715. The Morgan fingerprint density at radius 1 is 1.56 bits per heavy atom. The second-order valence-electron chi connectivity index (χ2n) is 4.74. The van der Waals surface area contributed by atoms with Crippen LogP contribution in [0.15, 0.2) is 12.4 Å². The Kier molecular flexibility index (Phi) is 3.95. The van der Waals surface area contributed by atoms with Crippen molar-refractivity contribution in [2.45, 2.75) is 32.9 Å². The smallest absolute Gasteiger partial charge is 0.243 e. The summed E-state index contributed by atoms with van der Waals surface area (Å²) >= 11 is 0. The van der Waals surface area contributed by atoms with Gasteiger partial charge in [0.05, 0.1) is 11.9 Å². The molecule has 1 aromatic rings. The van der Waals surface area contributed by atoms with Crippen molar-refractivity contribution in [2.24, 2.45) is 11.7 Å². The van der Waals surface area contributed by atoms with Crippen molar-refractivity contribution in [1.29, 1.82) is 0 Å². The largest absolute Gasteiger partial charge is 0.396 e. The van der Waals surface area contributed by atoms with Crippen molar-refractivity contribution in [2.75, 3.05) is 5.73 Å². The Bertz CT molecular complexity index is 454. The lowest BCUT2D eigenvalue weighted by molar-refractivity contribution is -0.133. The number of nitrogen functional groups attached to an aromatic ring is 1. The Morgan fingerprint density at radius 2 is 2.17 bits per heavy atom. The number of primary amides is 1. The van der Waals surface area contributed by atoms with E-state index >= 15 is 0 Å². The molecule has 2 amide bonds. The van der Waals surface area contributed by atoms with Gasteiger partial charge in [-0.05, 0) is 12.8 Å². The molecule has 0 bridgehead atoms. The summed E-state index contributed by atoms with van der Waals surface area (Å²) in [6.07, 6.45) is 2.99. The van der Waals surface area contributed by atoms with Crippen LogP contribution in [0.3, 0.4) is 0 Å². The van der Waals surface area contributed by atoms with Crippen molar-refractivity contribution >= 4 is 17.5 Å². The lowest BCUT2D eigenvalue weighted by atomic mass is 9.87. The van der Waals surface area contributed by atoms with Gasteiger partial charge in [0.1, 0.15) is 12.1 Å². The molecule has 18 heavy (non-hydrogen) atoms. The van der Waals surface area contributed by atoms with Gasteiger partial charge in [0, 0.05) is 6.20 Å². The summed E-state index contributed by atoms with van der Waals surface area (Å²) in [5.74, 6) is -1.01. The van der Waals surface area contributed by atoms with Crippen molar-refractivity contribution < 1.29 is 9.59 Å². The molecule has 5 N–H and O–H groups in total. The van der Waals surface area contributed by atoms with E-state index in [0.29, 0.717) is 5.69 Å². The van der Waals surface area contributed by atoms with Gasteiger partial charge in [0.25, 0.3) is 0 Å². The van der Waals surface area contributed by atoms with Gasteiger partial charge < -0.3 is 16.8 Å². The summed E-state index contributed by atoms with van der Waals surface area (Å²) in [6, 6.07) is 0. The second-order valence-corrected chi connectivity index (χ2v) is 4.74. The highest BCUT2D eigenvalue weighted by atomic mass is 16.2. The zero-order valence-corrected chi connectivity index (χ0v) is 10.8. The molecule has 0 spiro atoms. The first-order chi connectivity index (χ1) is 8.25. The van der Waals surface area contributed by atoms with Crippen LogP contribution < -0.4 is 16.8 Å². The molecule has 0 aliphatic rings. The number of anilines is 1. The third-order valence-electron chi connectivity index (χ3n) is 3.02. The Hall–Kier alpha value is -2.05. The Balaban J connectivity index is 2.71. The summed E-state index contributed by atoms with van der Waals surface area (Å²) in [5, 5.41) is 6.53. The van der Waals surface area contributed by atoms with E-state index in [2.05, 4.69) is 10.4 Å². The third kappa shape index (κ3) is 2.99. The second kappa shape index (κ2) is 5.07. The fraction of sp³-hybridized carbons (Fsp3) is 0.545. The molecule has 1 atom stereocenters. The number of rotatable bonds is 5. The van der Waals surface area contributed by atoms with Crippen molar-refractivity contribution in [3.05, 3.63) is 12.4 Å². The standard InChI is InChI=1S/C11H19N5O2/c1-7(2)11(3,10(13)18)15-9(17)6-16-5-8(12)4-14-16/h4-5,7H,6,12H2,1-3H3,(H2,13,18)(H,15,17). The number of hydrogen-bond acceptors (Lipinski definition) is 4. The fourth-order valence-electron chi connectivity index (χ4n) is 1.43. The molecule has 1 aromatic heterocycles. The molecule has 0 saturated carbocycles. The first-order valence-electron chi connectivity index (χ1n) is 5.64. The van der Waals surface area contributed by atoms with Crippen molar-refractivity contribution in [3.63, 3.8) is 0 Å². The summed E-state index contributed by atoms with van der Waals surface area (Å²) in [7, 11) is 0. The summed E-state index contributed by atoms with van der Waals surface area (Å²) in [6.45, 7) is 5.23. The normalized spacial score (nSPS) is 14.2. The van der Waals surface area contributed by atoms with Crippen LogP contribution in [0.2, 0.25) is 0 Å². The van der Waals surface area contributed by atoms with Crippen molar-refractivity contribution in [3.8, 4) is 0 Å². The van der Waals surface area contributed by atoms with E-state index in [1.165, 1.54) is 17.1 Å². The Labute approximate surface area is 106 Å². The van der Waals surface area contributed by atoms with Gasteiger partial charge in [-0.3, -0.25) is 14.3 Å². The lowest BCUT2D eigenvalue weighted by Crippen LogP contribution is -2.59. The van der Waals surface area contributed by atoms with Crippen LogP contribution in [-0.4, -0.2) is 27.1 Å². The minimum atomic E-state index is -1.07. The fourth-order valence-corrected chi connectivity index (χ4v) is 1.43. The number of carbonyl (C=O) groups is 2. The SMILES string of the molecule is CC(C)C(C)(NC(=O)Cn1cc(N)cn1)C(N)=O. The first-order valence-corrected chi connectivity index (χ1v) is 5.64. The topological polar surface area (TPSA) is 116 Å². The van der Waals surface area contributed by atoms with Crippen LogP contribution >= 0.6 is 0 Å². The van der Waals surface area contributed by atoms with Crippen LogP contribution in [0.1, 0.15) is 20.8 Å². The van der Waals surface area contributed by atoms with Gasteiger partial charge in [-0.2, -0.15) is 5.10 Å². The number of nitrogens with one attached hydrogen (secondary N) is 1. The van der Waals surface area contributed by atoms with Gasteiger partial charge in [-0.1, -0.05) is 13.8 Å². The van der Waals surface area contributed by atoms with E-state index in [-0.39, 0.29) is 18.4 Å². The highest BCUT2D eigenvalue weighted by Crippen LogP contribution is 2.15. The summed E-state index contributed by atoms with van der Waals surface area (Å²) in [4.78, 5) is 23.2. The van der Waals surface area contributed by atoms with Crippen LogP contribution in [0.25, 0.3) is 0 Å². The van der Waals surface area contributed by atoms with Crippen LogP contribution in [-0.2, 0) is 16.1 Å². The molecule has 0 fully saturated rings. The molecule has 0 radical (unpaired) electrons. The van der Waals surface area contributed by atoms with Crippen molar-refractivity contribution in [1.82, 2.24) is 15.1 Å². The quantitative estimate of drug-likeness (QED) is 0.654. The van der Waals surface area contributed by atoms with Crippen LogP contribution in [0.5, 0.6) is 0 Å². The maximum absolute atomic E-state index is 11.8. The highest BCUT2D eigenvalue weighted by molar-refractivity contribution is 5.90. The summed E-state index contributed by atoms with van der Waals surface area (Å²) in [5.41, 5.74) is 10.2. The number of amides is 2. The first kappa shape index (κ1) is 14.0. The molecule has 0 aliphatic heterocycles. The van der Waals surface area contributed by atoms with Crippen LogP contribution in [0.4, 0.5) is 5.69 Å². The molecule has 1 heterocycles. The van der Waals surface area contributed by atoms with Gasteiger partial charge >= 0.3 is 0 Å². The molecule has 100 valence electrons. The van der Waals surface area contributed by atoms with E-state index in [9.17, 15) is 9.59 Å². The monoisotopic (exact) mass is 253 g/mol. The maximum atomic E-state index is 11.8. The van der Waals surface area contributed by atoms with Crippen LogP contribution in [0, 0.1) is 5.92 Å². The number of aromatic nitrogens is 2. The molecule has 0 aliphatic carbocycles. The Morgan fingerprint density at radius 3 is 2.56 bits per heavy atom. The molecule has 1 rings (SSSR count). The van der Waals surface area contributed by atoms with E-state index in [4.69, 9.17) is 11.5 Å². The maximum Gasteiger partial charge on any atom is 0.243 e. The predicted molar refractivity (Wildman–Crippen MR) is 67.2 cm³/mol. The molecule has 7 heteroatoms. The molecule has 7 nitrogen and oxygen atoms in total. The summed E-state index contributed by atoms with van der Waals surface area (Å²) < 4.78 is 1.40. The lowest BCUT2D eigenvalue weighted by Gasteiger charge is -2.31. The minimum Gasteiger partial charge on any atom is -0.396 e. The van der Waals surface area contributed by atoms with Gasteiger partial charge in [0.2, 0.25) is 11.8 Å². The van der Waals surface area contributed by atoms with E-state index in [0.717, 1.165) is 0 Å². The number of nitrogens with zero attached hydrogens (tertiary/aromatic N) is 2.